The summed E-state index contributed by atoms with van der Waals surface area (Å²) in [7, 11) is 0. The van der Waals surface area contributed by atoms with Crippen LogP contribution >= 0.6 is 11.8 Å². The second-order valence-electron chi connectivity index (χ2n) is 16.4. The minimum atomic E-state index is -1.49. The number of hydrogen-bond acceptors (Lipinski definition) is 17. The number of nitro groups is 3. The number of piperazine rings is 1. The van der Waals surface area contributed by atoms with Gasteiger partial charge in [0.25, 0.3) is 17.1 Å². The molecule has 4 aliphatic heterocycles. The van der Waals surface area contributed by atoms with Crippen LogP contribution in [0.2, 0.25) is 0 Å². The van der Waals surface area contributed by atoms with Crippen molar-refractivity contribution in [2.45, 2.75) is 69.6 Å². The lowest BCUT2D eigenvalue weighted by molar-refractivity contribution is -0.385. The third-order valence-corrected chi connectivity index (χ3v) is 13.6. The normalized spacial score (nSPS) is 22.5. The Morgan fingerprint density at radius 1 is 0.721 bits per heavy atom. The fourth-order valence-electron chi connectivity index (χ4n) is 8.64. The highest BCUT2D eigenvalue weighted by Crippen LogP contribution is 2.52. The van der Waals surface area contributed by atoms with Crippen LogP contribution in [0.1, 0.15) is 37.0 Å². The molecule has 0 saturated carbocycles. The number of hydrogen-bond donors (Lipinski definition) is 2. The molecule has 7 atom stereocenters. The smallest absolute Gasteiger partial charge is 0.410 e. The topological polar surface area (TPSA) is 313 Å². The maximum Gasteiger partial charge on any atom is 0.410 e. The highest BCUT2D eigenvalue weighted by Gasteiger charge is 2.60. The van der Waals surface area contributed by atoms with Crippen molar-refractivity contribution in [2.75, 3.05) is 26.2 Å². The van der Waals surface area contributed by atoms with E-state index in [9.17, 15) is 69.3 Å². The number of carbonyl (C=O) groups is 6. The van der Waals surface area contributed by atoms with Gasteiger partial charge in [-0.15, -0.1) is 11.8 Å². The van der Waals surface area contributed by atoms with Crippen molar-refractivity contribution in [2.24, 2.45) is 11.8 Å². The van der Waals surface area contributed by atoms with Gasteiger partial charge in [0.2, 0.25) is 11.8 Å². The summed E-state index contributed by atoms with van der Waals surface area (Å²) in [4.78, 5) is 118. The van der Waals surface area contributed by atoms with E-state index in [0.29, 0.717) is 21.6 Å². The van der Waals surface area contributed by atoms with Gasteiger partial charge in [-0.05, 0) is 66.4 Å². The average molecular weight is 962 g/mol. The van der Waals surface area contributed by atoms with Crippen LogP contribution in [0.4, 0.5) is 26.7 Å². The van der Waals surface area contributed by atoms with Crippen LogP contribution in [0.15, 0.2) is 83.4 Å². The number of aliphatic hydroxyl groups excluding tert-OH is 1. The van der Waals surface area contributed by atoms with E-state index in [-0.39, 0.29) is 68.6 Å². The Hall–Kier alpha value is -7.67. The molecule has 0 aromatic heterocycles. The van der Waals surface area contributed by atoms with E-state index in [1.54, 1.807) is 6.92 Å². The van der Waals surface area contributed by atoms with Crippen molar-refractivity contribution in [1.29, 1.82) is 0 Å². The standard InChI is InChI=1S/C43H43N7O17S/c1-23-35-34(24(2)51)39(53)47(35)36(40(54)55)37(23)68-31-17-32(46(18-31)43(58)67-22-27-7-13-30(14-8-27)50(63)64)38(52)44-15-16-45(42(57)66-21-26-5-11-29(12-6-26)49(61)62)33(19-44)41(56)65-20-25-3-9-28(10-4-25)48(59)60/h3-14,23-24,31-35,51H,15-22H2,1-2H3,(H,54,55)/t23-,24-,31+,32+,33?,34-,35-/m1/s1. The lowest BCUT2D eigenvalue weighted by Crippen LogP contribution is -2.63. The molecule has 4 amide bonds. The summed E-state index contributed by atoms with van der Waals surface area (Å²) in [5.74, 6) is -4.95. The molecule has 358 valence electrons. The molecule has 2 N–H and O–H groups in total. The highest BCUT2D eigenvalue weighted by atomic mass is 32.2. The monoisotopic (exact) mass is 961 g/mol. The van der Waals surface area contributed by atoms with Gasteiger partial charge in [0.15, 0.2) is 6.04 Å². The first kappa shape index (κ1) is 48.3. The molecule has 3 saturated heterocycles. The van der Waals surface area contributed by atoms with Gasteiger partial charge in [0.05, 0.1) is 39.4 Å². The third kappa shape index (κ3) is 10.0. The highest BCUT2D eigenvalue weighted by molar-refractivity contribution is 8.03. The first-order chi connectivity index (χ1) is 32.3. The van der Waals surface area contributed by atoms with Crippen molar-refractivity contribution in [3.63, 3.8) is 0 Å². The molecule has 0 spiro atoms. The number of carboxylic acids is 1. The molecule has 68 heavy (non-hydrogen) atoms. The number of esters is 1. The van der Waals surface area contributed by atoms with Crippen LogP contribution in [0, 0.1) is 42.2 Å². The number of carbonyl (C=O) groups excluding carboxylic acids is 5. The molecular formula is C43H43N7O17S. The fourth-order valence-corrected chi connectivity index (χ4v) is 10.2. The number of non-ortho nitro benzene ring substituents is 3. The number of β-lactam (4-membered cyclic amide) rings is 1. The van der Waals surface area contributed by atoms with Crippen LogP contribution in [0.25, 0.3) is 0 Å². The first-order valence-corrected chi connectivity index (χ1v) is 21.9. The van der Waals surface area contributed by atoms with Gasteiger partial charge in [-0.1, -0.05) is 6.92 Å². The SMILES string of the molecule is C[C@@H](O)[C@H]1C(=O)N2C(C(=O)O)=C(S[C@H]3C[C@@H](C(=O)N4CCN(C(=O)OCc5ccc([N+](=O)[O-])cc5)C(C(=O)OCc5ccc([N+](=O)[O-])cc5)C4)N(C(=O)OCc4ccc([N+](=O)[O-])cc4)C3)[C@H](C)[C@H]12. The Kier molecular flexibility index (Phi) is 14.2. The molecule has 0 aliphatic carbocycles. The Bertz CT molecular complexity index is 2560. The van der Waals surface area contributed by atoms with Gasteiger partial charge >= 0.3 is 24.1 Å². The van der Waals surface area contributed by atoms with E-state index in [1.165, 1.54) is 84.6 Å². The van der Waals surface area contributed by atoms with Gasteiger partial charge in [-0.3, -0.25) is 49.7 Å². The van der Waals surface area contributed by atoms with Crippen LogP contribution in [0.5, 0.6) is 0 Å². The molecule has 4 heterocycles. The Labute approximate surface area is 389 Å². The van der Waals surface area contributed by atoms with Crippen molar-refractivity contribution < 1.29 is 68.0 Å². The average Bonchev–Trinajstić information content (AvgIpc) is 3.85. The number of amides is 4. The number of carboxylic acid groups (broad SMARTS) is 1. The molecule has 3 aromatic carbocycles. The second-order valence-corrected chi connectivity index (χ2v) is 17.7. The number of benzene rings is 3. The summed E-state index contributed by atoms with van der Waals surface area (Å²) in [6.45, 7) is 1.03. The van der Waals surface area contributed by atoms with Crippen molar-refractivity contribution >= 4 is 64.8 Å². The van der Waals surface area contributed by atoms with Gasteiger partial charge < -0.3 is 34.2 Å². The lowest BCUT2D eigenvalue weighted by Gasteiger charge is -2.46. The van der Waals surface area contributed by atoms with Gasteiger partial charge in [-0.2, -0.15) is 0 Å². The van der Waals surface area contributed by atoms with Gasteiger partial charge in [0, 0.05) is 72.1 Å². The number of rotatable bonds is 15. The first-order valence-electron chi connectivity index (χ1n) is 21.0. The predicted octanol–water partition coefficient (Wildman–Crippen LogP) is 3.97. The molecule has 7 rings (SSSR count). The second kappa shape index (κ2) is 20.1. The zero-order chi connectivity index (χ0) is 49.1. The zero-order valence-electron chi connectivity index (χ0n) is 36.2. The van der Waals surface area contributed by atoms with Gasteiger partial charge in [0.1, 0.15) is 31.6 Å². The molecule has 3 aromatic rings. The zero-order valence-corrected chi connectivity index (χ0v) is 37.0. The summed E-state index contributed by atoms with van der Waals surface area (Å²) < 4.78 is 16.6. The van der Waals surface area contributed by atoms with Crippen LogP contribution in [0.3, 0.4) is 0 Å². The maximum absolute atomic E-state index is 14.7. The van der Waals surface area contributed by atoms with Crippen molar-refractivity contribution in [3.8, 4) is 0 Å². The molecular weight excluding hydrogens is 919 g/mol. The summed E-state index contributed by atoms with van der Waals surface area (Å²) >= 11 is 1.08. The van der Waals surface area contributed by atoms with E-state index >= 15 is 0 Å². The molecule has 4 aliphatic rings. The quantitative estimate of drug-likeness (QED) is 0.0715. The van der Waals surface area contributed by atoms with E-state index in [1.807, 2.05) is 0 Å². The molecule has 24 nitrogen and oxygen atoms in total. The fraction of sp³-hybridized carbons (Fsp3) is 0.395. The lowest BCUT2D eigenvalue weighted by atomic mass is 9.79. The van der Waals surface area contributed by atoms with E-state index in [2.05, 4.69) is 0 Å². The molecule has 0 radical (unpaired) electrons. The molecule has 1 unspecified atom stereocenters. The number of aliphatic hydroxyl groups is 1. The summed E-state index contributed by atoms with van der Waals surface area (Å²) in [6.07, 6.45) is -3.07. The summed E-state index contributed by atoms with van der Waals surface area (Å²) in [5.41, 5.74) is 0.292. The van der Waals surface area contributed by atoms with Crippen LogP contribution in [-0.4, -0.2) is 136 Å². The van der Waals surface area contributed by atoms with Crippen LogP contribution < -0.4 is 0 Å². The molecule has 25 heteroatoms. The van der Waals surface area contributed by atoms with Crippen molar-refractivity contribution in [3.05, 3.63) is 130 Å². The number of thioether (sulfide) groups is 1. The Balaban J connectivity index is 1.12. The van der Waals surface area contributed by atoms with E-state index < -0.39 is 98.6 Å². The third-order valence-electron chi connectivity index (χ3n) is 12.1. The van der Waals surface area contributed by atoms with E-state index in [4.69, 9.17) is 14.2 Å². The number of nitrogens with zero attached hydrogens (tertiary/aromatic N) is 7. The summed E-state index contributed by atoms with van der Waals surface area (Å²) in [5, 5.41) is 53.4. The molecule has 3 fully saturated rings. The largest absolute Gasteiger partial charge is 0.477 e. The minimum absolute atomic E-state index is 0.0650. The number of likely N-dealkylation sites (tertiary alicyclic amines) is 1. The predicted molar refractivity (Wildman–Crippen MR) is 233 cm³/mol. The number of nitro benzene ring substituents is 3. The van der Waals surface area contributed by atoms with Crippen LogP contribution in [-0.2, 0) is 53.2 Å². The summed E-state index contributed by atoms with van der Waals surface area (Å²) in [6, 6.07) is 12.2. The Morgan fingerprint density at radius 2 is 1.19 bits per heavy atom. The van der Waals surface area contributed by atoms with Gasteiger partial charge in [-0.25, -0.2) is 19.2 Å². The molecule has 0 bridgehead atoms. The maximum atomic E-state index is 14.7. The number of ether oxygens (including phenoxy) is 3. The van der Waals surface area contributed by atoms with Crippen molar-refractivity contribution in [1.82, 2.24) is 19.6 Å². The Morgan fingerprint density at radius 3 is 1.65 bits per heavy atom. The minimum Gasteiger partial charge on any atom is -0.477 e. The number of aliphatic carboxylic acids is 1. The van der Waals surface area contributed by atoms with E-state index in [0.717, 1.165) is 26.5 Å². The number of fused-ring (bicyclic) bond motifs is 1.